The molecule has 1 aromatic rings. The van der Waals surface area contributed by atoms with Crippen LogP contribution in [0.4, 0.5) is 0 Å². The van der Waals surface area contributed by atoms with Gasteiger partial charge in [0.05, 0.1) is 13.2 Å². The lowest BCUT2D eigenvalue weighted by molar-refractivity contribution is 0.0727. The summed E-state index contributed by atoms with van der Waals surface area (Å²) in [4.78, 5) is 11.5. The van der Waals surface area contributed by atoms with Crippen molar-refractivity contribution in [3.63, 3.8) is 0 Å². The van der Waals surface area contributed by atoms with E-state index in [2.05, 4.69) is 0 Å². The summed E-state index contributed by atoms with van der Waals surface area (Å²) >= 11 is 0. The summed E-state index contributed by atoms with van der Waals surface area (Å²) in [5, 5.41) is 0. The second kappa shape index (κ2) is 4.35. The van der Waals surface area contributed by atoms with Crippen molar-refractivity contribution in [3.05, 3.63) is 35.9 Å². The number of ketones is 1. The number of epoxide rings is 1. The lowest BCUT2D eigenvalue weighted by atomic mass is 10.1. The maximum atomic E-state index is 11.5. The Bertz CT molecular complexity index is 304. The van der Waals surface area contributed by atoms with E-state index in [-0.39, 0.29) is 18.5 Å². The zero-order valence-corrected chi connectivity index (χ0v) is 7.81. The van der Waals surface area contributed by atoms with Crippen molar-refractivity contribution in [1.29, 1.82) is 0 Å². The molecule has 1 aromatic carbocycles. The summed E-state index contributed by atoms with van der Waals surface area (Å²) in [6, 6.07) is 9.16. The summed E-state index contributed by atoms with van der Waals surface area (Å²) in [5.74, 6) is 0.0197. The molecule has 2 rings (SSSR count). The van der Waals surface area contributed by atoms with Crippen molar-refractivity contribution in [2.75, 3.05) is 19.8 Å². The molecule has 1 saturated heterocycles. The van der Waals surface area contributed by atoms with Crippen molar-refractivity contribution >= 4 is 5.78 Å². The van der Waals surface area contributed by atoms with E-state index in [1.165, 1.54) is 0 Å². The van der Waals surface area contributed by atoms with Crippen molar-refractivity contribution in [3.8, 4) is 0 Å². The number of benzene rings is 1. The monoisotopic (exact) mass is 192 g/mol. The number of ether oxygens (including phenoxy) is 2. The molecule has 1 aliphatic rings. The van der Waals surface area contributed by atoms with Crippen LogP contribution in [0.5, 0.6) is 0 Å². The minimum absolute atomic E-state index is 0.0197. The number of carbonyl (C=O) groups is 1. The average Bonchev–Trinajstić information content (AvgIpc) is 3.03. The number of carbonyl (C=O) groups excluding carboxylic acids is 1. The number of hydrogen-bond acceptors (Lipinski definition) is 3. The molecular weight excluding hydrogens is 180 g/mol. The van der Waals surface area contributed by atoms with Crippen LogP contribution in [0.15, 0.2) is 30.3 Å². The van der Waals surface area contributed by atoms with E-state index in [9.17, 15) is 4.79 Å². The lowest BCUT2D eigenvalue weighted by Crippen LogP contribution is -2.11. The topological polar surface area (TPSA) is 38.8 Å². The van der Waals surface area contributed by atoms with Crippen LogP contribution in [-0.4, -0.2) is 31.7 Å². The van der Waals surface area contributed by atoms with Gasteiger partial charge in [-0.15, -0.1) is 0 Å². The summed E-state index contributed by atoms with van der Waals surface area (Å²) in [6.07, 6.45) is 0.221. The zero-order valence-electron chi connectivity index (χ0n) is 7.81. The predicted octanol–water partition coefficient (Wildman–Crippen LogP) is 1.28. The predicted molar refractivity (Wildman–Crippen MR) is 51.3 cm³/mol. The molecule has 0 saturated carbocycles. The Morgan fingerprint density at radius 3 is 2.79 bits per heavy atom. The quantitative estimate of drug-likeness (QED) is 0.521. The van der Waals surface area contributed by atoms with Crippen LogP contribution < -0.4 is 0 Å². The second-order valence-corrected chi connectivity index (χ2v) is 3.26. The van der Waals surface area contributed by atoms with E-state index in [1.807, 2.05) is 18.2 Å². The van der Waals surface area contributed by atoms with Crippen molar-refractivity contribution in [1.82, 2.24) is 0 Å². The molecule has 1 aliphatic heterocycles. The minimum atomic E-state index is 0.0197. The van der Waals surface area contributed by atoms with E-state index < -0.39 is 0 Å². The van der Waals surface area contributed by atoms with Gasteiger partial charge in [-0.1, -0.05) is 30.3 Å². The standard InChI is InChI=1S/C11H12O3/c12-11(8-13-6-10-7-14-10)9-4-2-1-3-5-9/h1-5,10H,6-8H2. The van der Waals surface area contributed by atoms with Gasteiger partial charge in [0.1, 0.15) is 12.7 Å². The largest absolute Gasteiger partial charge is 0.371 e. The Kier molecular flexibility index (Phi) is 2.91. The Hall–Kier alpha value is -1.19. The molecule has 14 heavy (non-hydrogen) atoms. The van der Waals surface area contributed by atoms with Crippen LogP contribution in [-0.2, 0) is 9.47 Å². The van der Waals surface area contributed by atoms with E-state index in [0.717, 1.165) is 6.61 Å². The summed E-state index contributed by atoms with van der Waals surface area (Å²) in [6.45, 7) is 1.43. The van der Waals surface area contributed by atoms with Crippen LogP contribution in [0.2, 0.25) is 0 Å². The molecule has 3 heteroatoms. The Morgan fingerprint density at radius 2 is 2.14 bits per heavy atom. The first kappa shape index (κ1) is 9.37. The lowest BCUT2D eigenvalue weighted by Gasteiger charge is -2.01. The minimum Gasteiger partial charge on any atom is -0.371 e. The molecule has 0 aromatic heterocycles. The third kappa shape index (κ3) is 2.65. The molecule has 1 unspecified atom stereocenters. The van der Waals surface area contributed by atoms with Gasteiger partial charge in [-0.3, -0.25) is 4.79 Å². The van der Waals surface area contributed by atoms with Gasteiger partial charge in [0.15, 0.2) is 5.78 Å². The molecule has 0 amide bonds. The molecule has 0 bridgehead atoms. The van der Waals surface area contributed by atoms with Crippen LogP contribution in [0.3, 0.4) is 0 Å². The van der Waals surface area contributed by atoms with Crippen LogP contribution >= 0.6 is 0 Å². The Balaban J connectivity index is 1.77. The van der Waals surface area contributed by atoms with Crippen molar-refractivity contribution in [2.24, 2.45) is 0 Å². The normalized spacial score (nSPS) is 19.3. The number of rotatable bonds is 5. The molecule has 74 valence electrons. The smallest absolute Gasteiger partial charge is 0.188 e. The van der Waals surface area contributed by atoms with Gasteiger partial charge < -0.3 is 9.47 Å². The highest BCUT2D eigenvalue weighted by atomic mass is 16.6. The highest BCUT2D eigenvalue weighted by Crippen LogP contribution is 2.09. The first-order valence-electron chi connectivity index (χ1n) is 4.64. The second-order valence-electron chi connectivity index (χ2n) is 3.26. The Labute approximate surface area is 82.6 Å². The summed E-state index contributed by atoms with van der Waals surface area (Å²) in [7, 11) is 0. The maximum absolute atomic E-state index is 11.5. The molecule has 1 atom stereocenters. The van der Waals surface area contributed by atoms with Gasteiger partial charge in [0.25, 0.3) is 0 Å². The third-order valence-electron chi connectivity index (χ3n) is 2.04. The molecule has 0 N–H and O–H groups in total. The van der Waals surface area contributed by atoms with Crippen molar-refractivity contribution in [2.45, 2.75) is 6.10 Å². The Morgan fingerprint density at radius 1 is 1.43 bits per heavy atom. The fourth-order valence-corrected chi connectivity index (χ4v) is 1.15. The fourth-order valence-electron chi connectivity index (χ4n) is 1.15. The molecule has 0 radical (unpaired) electrons. The zero-order chi connectivity index (χ0) is 9.80. The molecular formula is C11H12O3. The van der Waals surface area contributed by atoms with Gasteiger partial charge in [-0.05, 0) is 0 Å². The first-order valence-corrected chi connectivity index (χ1v) is 4.64. The summed E-state index contributed by atoms with van der Waals surface area (Å²) in [5.41, 5.74) is 0.698. The third-order valence-corrected chi connectivity index (χ3v) is 2.04. The van der Waals surface area contributed by atoms with Crippen LogP contribution in [0, 0.1) is 0 Å². The highest BCUT2D eigenvalue weighted by molar-refractivity contribution is 5.96. The van der Waals surface area contributed by atoms with Gasteiger partial charge in [0.2, 0.25) is 0 Å². The van der Waals surface area contributed by atoms with Gasteiger partial charge in [-0.2, -0.15) is 0 Å². The number of hydrogen-bond donors (Lipinski definition) is 0. The van der Waals surface area contributed by atoms with Crippen LogP contribution in [0.1, 0.15) is 10.4 Å². The molecule has 3 nitrogen and oxygen atoms in total. The SMILES string of the molecule is O=C(COCC1CO1)c1ccccc1. The molecule has 1 heterocycles. The highest BCUT2D eigenvalue weighted by Gasteiger charge is 2.22. The van der Waals surface area contributed by atoms with E-state index in [1.54, 1.807) is 12.1 Å². The number of Topliss-reactive ketones (excluding diaryl/α,β-unsaturated/α-hetero) is 1. The average molecular weight is 192 g/mol. The van der Waals surface area contributed by atoms with Gasteiger partial charge >= 0.3 is 0 Å². The van der Waals surface area contributed by atoms with Crippen LogP contribution in [0.25, 0.3) is 0 Å². The fraction of sp³-hybridized carbons (Fsp3) is 0.364. The van der Waals surface area contributed by atoms with Gasteiger partial charge in [0, 0.05) is 5.56 Å². The first-order chi connectivity index (χ1) is 6.86. The molecule has 1 fully saturated rings. The molecule has 0 aliphatic carbocycles. The molecule has 0 spiro atoms. The van der Waals surface area contributed by atoms with E-state index in [4.69, 9.17) is 9.47 Å². The van der Waals surface area contributed by atoms with E-state index in [0.29, 0.717) is 12.2 Å². The maximum Gasteiger partial charge on any atom is 0.188 e. The van der Waals surface area contributed by atoms with Crippen molar-refractivity contribution < 1.29 is 14.3 Å². The van der Waals surface area contributed by atoms with Gasteiger partial charge in [-0.25, -0.2) is 0 Å². The summed E-state index contributed by atoms with van der Waals surface area (Å²) < 4.78 is 10.2. The van der Waals surface area contributed by atoms with E-state index >= 15 is 0 Å².